The van der Waals surface area contributed by atoms with Gasteiger partial charge in [-0.2, -0.15) is 0 Å². The third kappa shape index (κ3) is 4.37. The molecule has 0 saturated heterocycles. The molecule has 0 aliphatic carbocycles. The summed E-state index contributed by atoms with van der Waals surface area (Å²) in [5.74, 6) is 2.03. The van der Waals surface area contributed by atoms with Gasteiger partial charge in [-0.15, -0.1) is 12.3 Å². The van der Waals surface area contributed by atoms with E-state index >= 15 is 0 Å². The van der Waals surface area contributed by atoms with Crippen LogP contribution < -0.4 is 0 Å². The topological polar surface area (TPSA) is 3.24 Å². The lowest BCUT2D eigenvalue weighted by Gasteiger charge is -2.24. The Bertz CT molecular complexity index is 225. The Morgan fingerprint density at radius 3 is 2.46 bits per heavy atom. The van der Waals surface area contributed by atoms with Crippen molar-refractivity contribution in [3.05, 3.63) is 24.7 Å². The molecule has 0 saturated carbocycles. The van der Waals surface area contributed by atoms with Crippen LogP contribution in [-0.4, -0.2) is 18.0 Å². The fraction of sp³-hybridized carbons (Fsp3) is 0.455. The predicted octanol–water partition coefficient (Wildman–Crippen LogP) is 2.72. The summed E-state index contributed by atoms with van der Waals surface area (Å²) in [6, 6.07) is 0. The SMILES string of the molecule is C#CCCN(CCC)C(=C)C(=C)F. The lowest BCUT2D eigenvalue weighted by Crippen LogP contribution is -2.24. The lowest BCUT2D eigenvalue weighted by atomic mass is 10.3. The zero-order chi connectivity index (χ0) is 10.3. The average molecular weight is 181 g/mol. The summed E-state index contributed by atoms with van der Waals surface area (Å²) in [5.41, 5.74) is 0.345. The summed E-state index contributed by atoms with van der Waals surface area (Å²) >= 11 is 0. The van der Waals surface area contributed by atoms with Crippen molar-refractivity contribution in [2.24, 2.45) is 0 Å². The van der Waals surface area contributed by atoms with Crippen LogP contribution >= 0.6 is 0 Å². The first-order valence-electron chi connectivity index (χ1n) is 4.35. The summed E-state index contributed by atoms with van der Waals surface area (Å²) in [6.07, 6.45) is 6.67. The Hall–Kier alpha value is -1.23. The van der Waals surface area contributed by atoms with Crippen molar-refractivity contribution >= 4 is 0 Å². The molecule has 72 valence electrons. The highest BCUT2D eigenvalue weighted by Gasteiger charge is 2.08. The van der Waals surface area contributed by atoms with Crippen LogP contribution in [0.4, 0.5) is 4.39 Å². The minimum Gasteiger partial charge on any atom is -0.369 e. The van der Waals surface area contributed by atoms with Crippen molar-refractivity contribution < 1.29 is 4.39 Å². The summed E-state index contributed by atoms with van der Waals surface area (Å²) < 4.78 is 12.7. The van der Waals surface area contributed by atoms with E-state index in [1.807, 2.05) is 11.8 Å². The van der Waals surface area contributed by atoms with Crippen LogP contribution in [-0.2, 0) is 0 Å². The number of rotatable bonds is 6. The largest absolute Gasteiger partial charge is 0.369 e. The van der Waals surface area contributed by atoms with Crippen molar-refractivity contribution in [1.29, 1.82) is 0 Å². The summed E-state index contributed by atoms with van der Waals surface area (Å²) in [4.78, 5) is 1.82. The van der Waals surface area contributed by atoms with Crippen LogP contribution in [0.3, 0.4) is 0 Å². The number of halogens is 1. The van der Waals surface area contributed by atoms with E-state index in [1.165, 1.54) is 0 Å². The van der Waals surface area contributed by atoms with Gasteiger partial charge in [0, 0.05) is 19.5 Å². The average Bonchev–Trinajstić information content (AvgIpc) is 2.11. The molecule has 0 radical (unpaired) electrons. The standard InChI is InChI=1S/C11H16FN/c1-5-7-9-13(8-6-2)11(4)10(3)12/h1H,3-4,6-9H2,2H3. The van der Waals surface area contributed by atoms with Crippen LogP contribution in [0.25, 0.3) is 0 Å². The molecule has 0 N–H and O–H groups in total. The van der Waals surface area contributed by atoms with Gasteiger partial charge in [0.15, 0.2) is 0 Å². The molecule has 0 heterocycles. The van der Waals surface area contributed by atoms with E-state index in [4.69, 9.17) is 6.42 Å². The Labute approximate surface area is 79.9 Å². The van der Waals surface area contributed by atoms with Crippen LogP contribution in [0.2, 0.25) is 0 Å². The second-order valence-electron chi connectivity index (χ2n) is 2.79. The Balaban J connectivity index is 4.16. The molecule has 0 aliphatic rings. The Morgan fingerprint density at radius 2 is 2.08 bits per heavy atom. The van der Waals surface area contributed by atoms with E-state index in [-0.39, 0.29) is 0 Å². The van der Waals surface area contributed by atoms with Gasteiger partial charge >= 0.3 is 0 Å². The summed E-state index contributed by atoms with van der Waals surface area (Å²) in [6.45, 7) is 10.3. The number of allylic oxidation sites excluding steroid dienone is 1. The summed E-state index contributed by atoms with van der Waals surface area (Å²) in [7, 11) is 0. The first-order chi connectivity index (χ1) is 6.13. The number of nitrogens with zero attached hydrogens (tertiary/aromatic N) is 1. The van der Waals surface area contributed by atoms with Gasteiger partial charge in [0.2, 0.25) is 0 Å². The fourth-order valence-electron chi connectivity index (χ4n) is 1.02. The second kappa shape index (κ2) is 6.30. The van der Waals surface area contributed by atoms with Gasteiger partial charge in [0.05, 0.1) is 5.70 Å². The minimum atomic E-state index is -0.481. The molecule has 0 spiro atoms. The number of terminal acetylenes is 1. The molecule has 0 rings (SSSR count). The molecular formula is C11H16FN. The zero-order valence-corrected chi connectivity index (χ0v) is 8.15. The zero-order valence-electron chi connectivity index (χ0n) is 8.15. The first-order valence-corrected chi connectivity index (χ1v) is 4.35. The molecule has 0 aromatic carbocycles. The van der Waals surface area contributed by atoms with Gasteiger partial charge in [-0.3, -0.25) is 0 Å². The lowest BCUT2D eigenvalue weighted by molar-refractivity contribution is 0.345. The second-order valence-corrected chi connectivity index (χ2v) is 2.79. The molecule has 0 unspecified atom stereocenters. The molecule has 1 nitrogen and oxygen atoms in total. The number of hydrogen-bond donors (Lipinski definition) is 0. The smallest absolute Gasteiger partial charge is 0.138 e. The van der Waals surface area contributed by atoms with E-state index in [0.717, 1.165) is 13.0 Å². The minimum absolute atomic E-state index is 0.345. The van der Waals surface area contributed by atoms with Crippen LogP contribution in [0.5, 0.6) is 0 Å². The van der Waals surface area contributed by atoms with E-state index in [9.17, 15) is 4.39 Å². The van der Waals surface area contributed by atoms with Gasteiger partial charge in [0.1, 0.15) is 5.83 Å². The molecule has 0 aromatic rings. The van der Waals surface area contributed by atoms with Crippen molar-refractivity contribution in [2.75, 3.05) is 13.1 Å². The van der Waals surface area contributed by atoms with Gasteiger partial charge in [-0.05, 0) is 6.42 Å². The monoisotopic (exact) mass is 181 g/mol. The highest BCUT2D eigenvalue weighted by atomic mass is 19.1. The third-order valence-corrected chi connectivity index (χ3v) is 1.71. The fourth-order valence-corrected chi connectivity index (χ4v) is 1.02. The van der Waals surface area contributed by atoms with Gasteiger partial charge in [0.25, 0.3) is 0 Å². The predicted molar refractivity (Wildman–Crippen MR) is 54.7 cm³/mol. The highest BCUT2D eigenvalue weighted by Crippen LogP contribution is 2.13. The quantitative estimate of drug-likeness (QED) is 0.450. The maximum absolute atomic E-state index is 12.7. The first kappa shape index (κ1) is 11.8. The molecule has 0 aromatic heterocycles. The van der Waals surface area contributed by atoms with Gasteiger partial charge in [-0.1, -0.05) is 20.1 Å². The molecule has 0 bridgehead atoms. The van der Waals surface area contributed by atoms with Crippen LogP contribution in [0, 0.1) is 12.3 Å². The van der Waals surface area contributed by atoms with Crippen LogP contribution in [0.15, 0.2) is 24.7 Å². The molecule has 13 heavy (non-hydrogen) atoms. The molecule has 0 atom stereocenters. The maximum atomic E-state index is 12.7. The normalized spacial score (nSPS) is 9.00. The van der Waals surface area contributed by atoms with E-state index < -0.39 is 5.83 Å². The van der Waals surface area contributed by atoms with E-state index in [1.54, 1.807) is 0 Å². The van der Waals surface area contributed by atoms with E-state index in [0.29, 0.717) is 18.7 Å². The summed E-state index contributed by atoms with van der Waals surface area (Å²) in [5, 5.41) is 0. The third-order valence-electron chi connectivity index (χ3n) is 1.71. The molecule has 2 heteroatoms. The highest BCUT2D eigenvalue weighted by molar-refractivity contribution is 5.17. The van der Waals surface area contributed by atoms with Gasteiger partial charge < -0.3 is 4.90 Å². The van der Waals surface area contributed by atoms with Crippen molar-refractivity contribution in [3.8, 4) is 12.3 Å². The molecule has 0 amide bonds. The van der Waals surface area contributed by atoms with Crippen molar-refractivity contribution in [1.82, 2.24) is 4.90 Å². The van der Waals surface area contributed by atoms with Gasteiger partial charge in [-0.25, -0.2) is 4.39 Å². The molecule has 0 fully saturated rings. The maximum Gasteiger partial charge on any atom is 0.138 e. The van der Waals surface area contributed by atoms with Crippen molar-refractivity contribution in [2.45, 2.75) is 19.8 Å². The van der Waals surface area contributed by atoms with Crippen LogP contribution in [0.1, 0.15) is 19.8 Å². The number of hydrogen-bond acceptors (Lipinski definition) is 1. The molecular weight excluding hydrogens is 165 g/mol. The Kier molecular flexibility index (Phi) is 5.71. The van der Waals surface area contributed by atoms with E-state index in [2.05, 4.69) is 19.1 Å². The van der Waals surface area contributed by atoms with Crippen molar-refractivity contribution in [3.63, 3.8) is 0 Å². The Morgan fingerprint density at radius 1 is 1.46 bits per heavy atom. The molecule has 0 aliphatic heterocycles.